The first kappa shape index (κ1) is 20.0. The number of rotatable bonds is 4. The molecule has 0 atom stereocenters. The van der Waals surface area contributed by atoms with E-state index in [0.717, 1.165) is 0 Å². The van der Waals surface area contributed by atoms with E-state index >= 15 is 0 Å². The van der Waals surface area contributed by atoms with Gasteiger partial charge < -0.3 is 14.6 Å². The van der Waals surface area contributed by atoms with Crippen LogP contribution < -0.4 is 5.32 Å². The van der Waals surface area contributed by atoms with Crippen molar-refractivity contribution in [3.8, 4) is 0 Å². The Kier molecular flexibility index (Phi) is 5.50. The highest BCUT2D eigenvalue weighted by molar-refractivity contribution is 5.99. The van der Waals surface area contributed by atoms with Gasteiger partial charge in [-0.25, -0.2) is 8.78 Å². The van der Waals surface area contributed by atoms with Crippen LogP contribution in [0.4, 0.5) is 14.5 Å². The second-order valence-corrected chi connectivity index (χ2v) is 7.32. The summed E-state index contributed by atoms with van der Waals surface area (Å²) >= 11 is 0. The number of halogens is 2. The number of aryl methyl sites for hydroxylation is 1. The van der Waals surface area contributed by atoms with Crippen molar-refractivity contribution in [3.05, 3.63) is 65.4 Å². The topological polar surface area (TPSA) is 65.8 Å². The average Bonchev–Trinajstić information content (AvgIpc) is 3.04. The Morgan fingerprint density at radius 2 is 1.77 bits per heavy atom. The zero-order chi connectivity index (χ0) is 21.3. The lowest BCUT2D eigenvalue weighted by Gasteiger charge is -2.33. The van der Waals surface area contributed by atoms with Gasteiger partial charge in [-0.1, -0.05) is 6.07 Å². The van der Waals surface area contributed by atoms with Crippen LogP contribution in [0.25, 0.3) is 11.0 Å². The van der Waals surface area contributed by atoms with Gasteiger partial charge in [-0.3, -0.25) is 14.5 Å². The fourth-order valence-corrected chi connectivity index (χ4v) is 3.62. The van der Waals surface area contributed by atoms with Crippen molar-refractivity contribution >= 4 is 28.5 Å². The molecule has 1 aliphatic rings. The number of piperazine rings is 1. The molecule has 2 heterocycles. The smallest absolute Gasteiger partial charge is 0.289 e. The van der Waals surface area contributed by atoms with E-state index in [1.807, 2.05) is 4.90 Å². The Morgan fingerprint density at radius 3 is 2.50 bits per heavy atom. The average molecular weight is 413 g/mol. The molecule has 1 saturated heterocycles. The summed E-state index contributed by atoms with van der Waals surface area (Å²) in [6.45, 7) is 3.83. The van der Waals surface area contributed by atoms with E-state index in [-0.39, 0.29) is 29.9 Å². The van der Waals surface area contributed by atoms with E-state index in [1.54, 1.807) is 17.9 Å². The predicted octanol–water partition coefficient (Wildman–Crippen LogP) is 3.42. The van der Waals surface area contributed by atoms with Crippen molar-refractivity contribution in [2.75, 3.05) is 38.0 Å². The Hall–Kier alpha value is -3.26. The highest BCUT2D eigenvalue weighted by atomic mass is 19.1. The van der Waals surface area contributed by atoms with Crippen molar-refractivity contribution in [1.82, 2.24) is 9.80 Å². The minimum Gasteiger partial charge on any atom is -0.451 e. The predicted molar refractivity (Wildman–Crippen MR) is 108 cm³/mol. The van der Waals surface area contributed by atoms with E-state index in [1.165, 1.54) is 36.4 Å². The second-order valence-electron chi connectivity index (χ2n) is 7.32. The van der Waals surface area contributed by atoms with Crippen molar-refractivity contribution in [2.45, 2.75) is 6.92 Å². The number of nitrogens with one attached hydrogen (secondary N) is 1. The third-order valence-corrected chi connectivity index (χ3v) is 5.23. The van der Waals surface area contributed by atoms with Gasteiger partial charge in [-0.05, 0) is 43.3 Å². The van der Waals surface area contributed by atoms with Crippen LogP contribution >= 0.6 is 0 Å². The van der Waals surface area contributed by atoms with Gasteiger partial charge in [0, 0.05) is 42.8 Å². The maximum Gasteiger partial charge on any atom is 0.289 e. The second kappa shape index (κ2) is 8.23. The van der Waals surface area contributed by atoms with Gasteiger partial charge in [0.15, 0.2) is 5.76 Å². The standard InChI is InChI=1S/C22H21F2N3O3/c1-14-18-12-16(24)5-6-19(18)30-21(14)22(29)27-9-7-26(8-10-27)13-20(28)25-17-4-2-3-15(23)11-17/h2-6,11-12H,7-10,13H2,1H3,(H,25,28). The van der Waals surface area contributed by atoms with Crippen molar-refractivity contribution in [1.29, 1.82) is 0 Å². The number of nitrogens with zero attached hydrogens (tertiary/aromatic N) is 2. The van der Waals surface area contributed by atoms with E-state index in [2.05, 4.69) is 5.32 Å². The zero-order valence-corrected chi connectivity index (χ0v) is 16.5. The molecule has 3 aromatic rings. The first-order valence-corrected chi connectivity index (χ1v) is 9.66. The van der Waals surface area contributed by atoms with Gasteiger partial charge in [0.1, 0.15) is 17.2 Å². The Labute approximate surface area is 172 Å². The van der Waals surface area contributed by atoms with E-state index in [4.69, 9.17) is 4.42 Å². The molecule has 6 nitrogen and oxygen atoms in total. The van der Waals surface area contributed by atoms with Crippen LogP contribution in [0.3, 0.4) is 0 Å². The number of hydrogen-bond donors (Lipinski definition) is 1. The summed E-state index contributed by atoms with van der Waals surface area (Å²) in [4.78, 5) is 28.7. The van der Waals surface area contributed by atoms with E-state index in [9.17, 15) is 18.4 Å². The third kappa shape index (κ3) is 4.18. The number of benzene rings is 2. The minimum absolute atomic E-state index is 0.154. The third-order valence-electron chi connectivity index (χ3n) is 5.23. The molecule has 1 fully saturated rings. The summed E-state index contributed by atoms with van der Waals surface area (Å²) in [6, 6.07) is 9.90. The molecule has 2 amide bonds. The molecule has 30 heavy (non-hydrogen) atoms. The molecule has 156 valence electrons. The lowest BCUT2D eigenvalue weighted by molar-refractivity contribution is -0.117. The highest BCUT2D eigenvalue weighted by Gasteiger charge is 2.27. The number of hydrogen-bond acceptors (Lipinski definition) is 4. The van der Waals surface area contributed by atoms with Gasteiger partial charge >= 0.3 is 0 Å². The van der Waals surface area contributed by atoms with Crippen LogP contribution in [0.15, 0.2) is 46.9 Å². The molecule has 4 rings (SSSR count). The lowest BCUT2D eigenvalue weighted by Crippen LogP contribution is -2.50. The Balaban J connectivity index is 1.34. The Morgan fingerprint density at radius 1 is 1.03 bits per heavy atom. The molecular weight excluding hydrogens is 392 g/mol. The number of carbonyl (C=O) groups excluding carboxylic acids is 2. The Bertz CT molecular complexity index is 1100. The molecule has 0 saturated carbocycles. The van der Waals surface area contributed by atoms with Crippen molar-refractivity contribution < 1.29 is 22.8 Å². The molecular formula is C22H21F2N3O3. The summed E-state index contributed by atoms with van der Waals surface area (Å²) in [5.74, 6) is -1.06. The van der Waals surface area contributed by atoms with Gasteiger partial charge in [-0.2, -0.15) is 0 Å². The molecule has 0 bridgehead atoms. The lowest BCUT2D eigenvalue weighted by atomic mass is 10.1. The van der Waals surface area contributed by atoms with Crippen molar-refractivity contribution in [3.63, 3.8) is 0 Å². The van der Waals surface area contributed by atoms with E-state index in [0.29, 0.717) is 48.4 Å². The first-order chi connectivity index (χ1) is 14.4. The number of fused-ring (bicyclic) bond motifs is 1. The summed E-state index contributed by atoms with van der Waals surface area (Å²) in [6.07, 6.45) is 0. The summed E-state index contributed by atoms with van der Waals surface area (Å²) in [7, 11) is 0. The number of carbonyl (C=O) groups is 2. The summed E-state index contributed by atoms with van der Waals surface area (Å²) in [5.41, 5.74) is 1.50. The van der Waals surface area contributed by atoms with Crippen molar-refractivity contribution in [2.24, 2.45) is 0 Å². The number of furan rings is 1. The molecule has 0 aliphatic carbocycles. The SMILES string of the molecule is Cc1c(C(=O)N2CCN(CC(=O)Nc3cccc(F)c3)CC2)oc2ccc(F)cc12. The van der Waals surface area contributed by atoms with Gasteiger partial charge in [0.05, 0.1) is 6.54 Å². The minimum atomic E-state index is -0.413. The normalized spacial score (nSPS) is 14.8. The first-order valence-electron chi connectivity index (χ1n) is 9.66. The maximum absolute atomic E-state index is 13.5. The van der Waals surface area contributed by atoms with Crippen LogP contribution in [-0.4, -0.2) is 54.3 Å². The van der Waals surface area contributed by atoms with Gasteiger partial charge in [0.2, 0.25) is 5.91 Å². The van der Waals surface area contributed by atoms with Gasteiger partial charge in [-0.15, -0.1) is 0 Å². The molecule has 0 radical (unpaired) electrons. The quantitative estimate of drug-likeness (QED) is 0.712. The molecule has 1 N–H and O–H groups in total. The van der Waals surface area contributed by atoms with Crippen LogP contribution in [0.1, 0.15) is 16.1 Å². The molecule has 2 aromatic carbocycles. The molecule has 0 spiro atoms. The molecule has 0 unspecified atom stereocenters. The maximum atomic E-state index is 13.5. The number of amides is 2. The number of anilines is 1. The van der Waals surface area contributed by atoms with Crippen LogP contribution in [0, 0.1) is 18.6 Å². The monoisotopic (exact) mass is 413 g/mol. The highest BCUT2D eigenvalue weighted by Crippen LogP contribution is 2.27. The van der Waals surface area contributed by atoms with Crippen LogP contribution in [-0.2, 0) is 4.79 Å². The van der Waals surface area contributed by atoms with Crippen LogP contribution in [0.2, 0.25) is 0 Å². The fraction of sp³-hybridized carbons (Fsp3) is 0.273. The van der Waals surface area contributed by atoms with E-state index < -0.39 is 5.82 Å². The zero-order valence-electron chi connectivity index (χ0n) is 16.5. The summed E-state index contributed by atoms with van der Waals surface area (Å²) < 4.78 is 32.4. The van der Waals surface area contributed by atoms with Gasteiger partial charge in [0.25, 0.3) is 5.91 Å². The molecule has 8 heteroatoms. The largest absolute Gasteiger partial charge is 0.451 e. The van der Waals surface area contributed by atoms with Crippen LogP contribution in [0.5, 0.6) is 0 Å². The fourth-order valence-electron chi connectivity index (χ4n) is 3.62. The molecule has 1 aliphatic heterocycles. The molecule has 1 aromatic heterocycles. The summed E-state index contributed by atoms with van der Waals surface area (Å²) in [5, 5.41) is 3.26.